The largest absolute Gasteiger partial charge is 0.389 e. The van der Waals surface area contributed by atoms with Crippen LogP contribution in [0, 0.1) is 5.82 Å². The summed E-state index contributed by atoms with van der Waals surface area (Å²) >= 11 is 0. The van der Waals surface area contributed by atoms with Crippen molar-refractivity contribution in [2.24, 2.45) is 7.05 Å². The van der Waals surface area contributed by atoms with Gasteiger partial charge in [-0.3, -0.25) is 4.68 Å². The molecular weight excluding hydrogens is 331 g/mol. The number of aromatic nitrogens is 4. The van der Waals surface area contributed by atoms with E-state index in [1.165, 1.54) is 37.1 Å². The number of aliphatic hydroxyl groups excluding tert-OH is 1. The van der Waals surface area contributed by atoms with Gasteiger partial charge in [0.25, 0.3) is 0 Å². The second-order valence-electron chi connectivity index (χ2n) is 7.10. The van der Waals surface area contributed by atoms with Crippen LogP contribution in [-0.2, 0) is 13.5 Å². The van der Waals surface area contributed by atoms with Crippen LogP contribution in [0.2, 0.25) is 0 Å². The molecule has 0 radical (unpaired) electrons. The molecule has 1 N–H and O–H groups in total. The number of nitrogens with zero attached hydrogens (tertiary/aromatic N) is 4. The van der Waals surface area contributed by atoms with Crippen molar-refractivity contribution in [2.75, 3.05) is 0 Å². The van der Waals surface area contributed by atoms with E-state index in [2.05, 4.69) is 16.3 Å². The van der Waals surface area contributed by atoms with Gasteiger partial charge in [0.1, 0.15) is 5.82 Å². The van der Waals surface area contributed by atoms with E-state index in [0.717, 1.165) is 11.4 Å². The van der Waals surface area contributed by atoms with Crippen LogP contribution in [-0.4, -0.2) is 24.7 Å². The van der Waals surface area contributed by atoms with Crippen molar-refractivity contribution >= 4 is 0 Å². The van der Waals surface area contributed by atoms with E-state index < -0.39 is 6.10 Å². The second kappa shape index (κ2) is 6.68. The van der Waals surface area contributed by atoms with Crippen molar-refractivity contribution in [3.8, 4) is 5.69 Å². The Labute approximate surface area is 152 Å². The molecule has 136 valence electrons. The van der Waals surface area contributed by atoms with Crippen LogP contribution in [0.3, 0.4) is 0 Å². The molecule has 1 aliphatic rings. The minimum absolute atomic E-state index is 0.367. The zero-order valence-corrected chi connectivity index (χ0v) is 15.1. The van der Waals surface area contributed by atoms with E-state index in [-0.39, 0.29) is 5.82 Å². The number of hydrogen-bond acceptors (Lipinski definition) is 3. The van der Waals surface area contributed by atoms with Gasteiger partial charge in [-0.25, -0.2) is 9.07 Å². The van der Waals surface area contributed by atoms with Crippen molar-refractivity contribution in [2.45, 2.75) is 44.6 Å². The molecule has 5 nitrogen and oxygen atoms in total. The molecule has 1 atom stereocenters. The summed E-state index contributed by atoms with van der Waals surface area (Å²) in [5.74, 6) is 0.262. The maximum Gasteiger partial charge on any atom is 0.123 e. The summed E-state index contributed by atoms with van der Waals surface area (Å²) in [6.07, 6.45) is 5.36. The lowest BCUT2D eigenvalue weighted by Crippen LogP contribution is -2.12. The predicted octanol–water partition coefficient (Wildman–Crippen LogP) is 3.66. The minimum atomic E-state index is -0.780. The van der Waals surface area contributed by atoms with E-state index in [1.807, 2.05) is 17.8 Å². The van der Waals surface area contributed by atoms with Crippen molar-refractivity contribution < 1.29 is 9.50 Å². The van der Waals surface area contributed by atoms with E-state index in [1.54, 1.807) is 23.9 Å². The maximum atomic E-state index is 13.6. The van der Waals surface area contributed by atoms with Gasteiger partial charge in [0.05, 0.1) is 23.2 Å². The third-order valence-corrected chi connectivity index (χ3v) is 5.24. The molecule has 1 saturated carbocycles. The second-order valence-corrected chi connectivity index (χ2v) is 7.10. The Morgan fingerprint density at radius 3 is 2.77 bits per heavy atom. The molecule has 0 aliphatic heterocycles. The minimum Gasteiger partial charge on any atom is -0.389 e. The fourth-order valence-corrected chi connectivity index (χ4v) is 3.64. The quantitative estimate of drug-likeness (QED) is 0.761. The van der Waals surface area contributed by atoms with E-state index in [0.29, 0.717) is 23.6 Å². The van der Waals surface area contributed by atoms with Crippen LogP contribution < -0.4 is 0 Å². The molecule has 0 unspecified atom stereocenters. The summed E-state index contributed by atoms with van der Waals surface area (Å²) in [6, 6.07) is 8.53. The van der Waals surface area contributed by atoms with Gasteiger partial charge in [-0.1, -0.05) is 6.42 Å². The summed E-state index contributed by atoms with van der Waals surface area (Å²) < 4.78 is 17.4. The number of aryl methyl sites for hydroxylation is 1. The molecule has 0 amide bonds. The van der Waals surface area contributed by atoms with Crippen molar-refractivity contribution in [3.05, 3.63) is 65.0 Å². The molecule has 2 aromatic heterocycles. The number of hydrogen-bond donors (Lipinski definition) is 1. The molecular formula is C20H23FN4O. The number of benzene rings is 1. The van der Waals surface area contributed by atoms with Gasteiger partial charge >= 0.3 is 0 Å². The van der Waals surface area contributed by atoms with Gasteiger partial charge in [-0.15, -0.1) is 0 Å². The molecule has 1 aromatic carbocycles. The van der Waals surface area contributed by atoms with Crippen molar-refractivity contribution in [1.82, 2.24) is 19.6 Å². The molecule has 0 bridgehead atoms. The van der Waals surface area contributed by atoms with Crippen LogP contribution in [0.4, 0.5) is 4.39 Å². The SMILES string of the molecule is C[C@@H](O)c1cc(F)ccc1-n1nccc1Cc1cc(C2CCC2)n(C)n1. The van der Waals surface area contributed by atoms with Gasteiger partial charge in [0, 0.05) is 36.8 Å². The van der Waals surface area contributed by atoms with Crippen molar-refractivity contribution in [1.29, 1.82) is 0 Å². The zero-order valence-electron chi connectivity index (χ0n) is 15.1. The summed E-state index contributed by atoms with van der Waals surface area (Å²) in [5, 5.41) is 19.1. The average Bonchev–Trinajstić information content (AvgIpc) is 3.13. The summed E-state index contributed by atoms with van der Waals surface area (Å²) in [7, 11) is 2.00. The number of aliphatic hydroxyl groups is 1. The summed E-state index contributed by atoms with van der Waals surface area (Å²) in [5.41, 5.74) is 4.46. The molecule has 26 heavy (non-hydrogen) atoms. The molecule has 2 heterocycles. The first-order valence-electron chi connectivity index (χ1n) is 9.06. The Bertz CT molecular complexity index is 924. The summed E-state index contributed by atoms with van der Waals surface area (Å²) in [4.78, 5) is 0. The third kappa shape index (κ3) is 3.05. The average molecular weight is 354 g/mol. The standard InChI is InChI=1S/C20H23FN4O/c1-13(26)18-10-15(21)6-7-19(18)25-17(8-9-22-25)11-16-12-20(24(2)23-16)14-4-3-5-14/h6-10,12-14,26H,3-5,11H2,1-2H3/t13-/m1/s1. The van der Waals surface area contributed by atoms with Gasteiger partial charge < -0.3 is 5.11 Å². The molecule has 1 aliphatic carbocycles. The monoisotopic (exact) mass is 354 g/mol. The molecule has 0 saturated heterocycles. The van der Waals surface area contributed by atoms with Crippen LogP contribution in [0.15, 0.2) is 36.5 Å². The van der Waals surface area contributed by atoms with Crippen LogP contribution in [0.1, 0.15) is 60.9 Å². The van der Waals surface area contributed by atoms with Crippen LogP contribution in [0.5, 0.6) is 0 Å². The molecule has 0 spiro atoms. The lowest BCUT2D eigenvalue weighted by Gasteiger charge is -2.25. The third-order valence-electron chi connectivity index (χ3n) is 5.24. The first kappa shape index (κ1) is 17.0. The van der Waals surface area contributed by atoms with Gasteiger partial charge in [0.2, 0.25) is 0 Å². The van der Waals surface area contributed by atoms with Crippen LogP contribution >= 0.6 is 0 Å². The molecule has 4 rings (SSSR count). The Morgan fingerprint density at radius 2 is 2.08 bits per heavy atom. The van der Waals surface area contributed by atoms with Crippen LogP contribution in [0.25, 0.3) is 5.69 Å². The Morgan fingerprint density at radius 1 is 1.27 bits per heavy atom. The first-order chi connectivity index (χ1) is 12.5. The van der Waals surface area contributed by atoms with Crippen molar-refractivity contribution in [3.63, 3.8) is 0 Å². The summed E-state index contributed by atoms with van der Waals surface area (Å²) in [6.45, 7) is 1.63. The van der Waals surface area contributed by atoms with Gasteiger partial charge in [-0.2, -0.15) is 10.2 Å². The Hall–Kier alpha value is -2.47. The highest BCUT2D eigenvalue weighted by Crippen LogP contribution is 2.36. The highest BCUT2D eigenvalue weighted by Gasteiger charge is 2.23. The zero-order chi connectivity index (χ0) is 18.3. The lowest BCUT2D eigenvalue weighted by atomic mass is 9.83. The molecule has 1 fully saturated rings. The smallest absolute Gasteiger partial charge is 0.123 e. The molecule has 6 heteroatoms. The van der Waals surface area contributed by atoms with E-state index in [9.17, 15) is 9.50 Å². The topological polar surface area (TPSA) is 55.9 Å². The van der Waals surface area contributed by atoms with Gasteiger partial charge in [0.15, 0.2) is 0 Å². The predicted molar refractivity (Wildman–Crippen MR) is 96.8 cm³/mol. The Kier molecular flexibility index (Phi) is 4.36. The lowest BCUT2D eigenvalue weighted by molar-refractivity contribution is 0.198. The van der Waals surface area contributed by atoms with Gasteiger partial charge in [-0.05, 0) is 50.1 Å². The fourth-order valence-electron chi connectivity index (χ4n) is 3.64. The maximum absolute atomic E-state index is 13.6. The van der Waals surface area contributed by atoms with E-state index in [4.69, 9.17) is 0 Å². The van der Waals surface area contributed by atoms with E-state index >= 15 is 0 Å². The normalized spacial score (nSPS) is 15.8. The fraction of sp³-hybridized carbons (Fsp3) is 0.400. The molecule has 3 aromatic rings. The number of halogens is 1. The highest BCUT2D eigenvalue weighted by atomic mass is 19.1. The Balaban J connectivity index is 1.66. The number of rotatable bonds is 5. The highest BCUT2D eigenvalue weighted by molar-refractivity contribution is 5.43. The first-order valence-corrected chi connectivity index (χ1v) is 9.06.